The summed E-state index contributed by atoms with van der Waals surface area (Å²) in [6.07, 6.45) is 5.50. The molecule has 17 heavy (non-hydrogen) atoms. The van der Waals surface area contributed by atoms with Crippen molar-refractivity contribution < 1.29 is 4.21 Å². The Balaban J connectivity index is 2.08. The molecule has 0 aliphatic carbocycles. The monoisotopic (exact) mass is 251 g/mol. The molecule has 0 saturated carbocycles. The summed E-state index contributed by atoms with van der Waals surface area (Å²) in [5.41, 5.74) is 1.06. The first-order valence-electron chi connectivity index (χ1n) is 6.14. The highest BCUT2D eigenvalue weighted by atomic mass is 32.2. The lowest BCUT2D eigenvalue weighted by molar-refractivity contribution is 0.455. The van der Waals surface area contributed by atoms with Crippen LogP contribution in [-0.2, 0) is 11.0 Å². The van der Waals surface area contributed by atoms with Gasteiger partial charge in [-0.05, 0) is 37.8 Å². The molecule has 92 valence electrons. The predicted octanol–water partition coefficient (Wildman–Crippen LogP) is 1.37. The van der Waals surface area contributed by atoms with E-state index < -0.39 is 11.0 Å². The number of rotatable bonds is 0. The van der Waals surface area contributed by atoms with Crippen molar-refractivity contribution in [3.05, 3.63) is 17.8 Å². The fraction of sp³-hybridized carbons (Fsp3) is 0.583. The molecular weight excluding hydrogens is 234 g/mol. The van der Waals surface area contributed by atoms with Gasteiger partial charge in [0.15, 0.2) is 0 Å². The normalized spacial score (nSPS) is 28.2. The second-order valence-electron chi connectivity index (χ2n) is 4.79. The van der Waals surface area contributed by atoms with Crippen LogP contribution in [0.5, 0.6) is 0 Å². The first-order valence-corrected chi connectivity index (χ1v) is 7.29. The van der Waals surface area contributed by atoms with Crippen molar-refractivity contribution in [2.45, 2.75) is 37.1 Å². The van der Waals surface area contributed by atoms with Crippen molar-refractivity contribution in [2.24, 2.45) is 0 Å². The molecule has 2 aliphatic heterocycles. The smallest absolute Gasteiger partial charge is 0.146 e. The van der Waals surface area contributed by atoms with E-state index in [-0.39, 0.29) is 0 Å². The highest BCUT2D eigenvalue weighted by Crippen LogP contribution is 2.30. The molecule has 0 radical (unpaired) electrons. The van der Waals surface area contributed by atoms with E-state index in [1.807, 2.05) is 19.2 Å². The van der Waals surface area contributed by atoms with Gasteiger partial charge in [0, 0.05) is 25.3 Å². The molecule has 1 aromatic rings. The van der Waals surface area contributed by atoms with Crippen molar-refractivity contribution in [3.8, 4) is 0 Å². The molecular formula is C12H17N3OS. The molecule has 2 aliphatic rings. The van der Waals surface area contributed by atoms with Crippen LogP contribution in [0.4, 0.5) is 5.82 Å². The van der Waals surface area contributed by atoms with Crippen LogP contribution in [-0.4, -0.2) is 28.3 Å². The number of nitrogens with one attached hydrogen (secondary N) is 1. The predicted molar refractivity (Wildman–Crippen MR) is 68.4 cm³/mol. The van der Waals surface area contributed by atoms with Gasteiger partial charge in [0.2, 0.25) is 0 Å². The Bertz CT molecular complexity index is 463. The summed E-state index contributed by atoms with van der Waals surface area (Å²) in [6.45, 7) is 3.82. The van der Waals surface area contributed by atoms with Crippen LogP contribution in [0.1, 0.15) is 24.8 Å². The van der Waals surface area contributed by atoms with Crippen molar-refractivity contribution in [2.75, 3.05) is 18.0 Å². The number of aryl methyl sites for hydroxylation is 1. The second kappa shape index (κ2) is 4.38. The van der Waals surface area contributed by atoms with Gasteiger partial charge in [-0.3, -0.25) is 0 Å². The SMILES string of the molecule is Cc1cnc2c(c1)S(=O)NCC1CCCCN21. The molecule has 0 aromatic carbocycles. The zero-order chi connectivity index (χ0) is 11.8. The minimum Gasteiger partial charge on any atom is -0.351 e. The maximum Gasteiger partial charge on any atom is 0.146 e. The number of nitrogens with zero attached hydrogens (tertiary/aromatic N) is 2. The summed E-state index contributed by atoms with van der Waals surface area (Å²) >= 11 is 0. The van der Waals surface area contributed by atoms with E-state index >= 15 is 0 Å². The number of piperidine rings is 1. The second-order valence-corrected chi connectivity index (χ2v) is 6.06. The summed E-state index contributed by atoms with van der Waals surface area (Å²) in [7, 11) is -1.11. The molecule has 1 N–H and O–H groups in total. The van der Waals surface area contributed by atoms with Gasteiger partial charge >= 0.3 is 0 Å². The van der Waals surface area contributed by atoms with Gasteiger partial charge in [0.05, 0.1) is 4.90 Å². The number of fused-ring (bicyclic) bond motifs is 3. The summed E-state index contributed by atoms with van der Waals surface area (Å²) in [6, 6.07) is 2.44. The van der Waals surface area contributed by atoms with Crippen molar-refractivity contribution in [1.82, 2.24) is 9.71 Å². The maximum absolute atomic E-state index is 12.1. The van der Waals surface area contributed by atoms with Gasteiger partial charge in [-0.25, -0.2) is 13.9 Å². The number of pyridine rings is 1. The fourth-order valence-electron chi connectivity index (χ4n) is 2.63. The van der Waals surface area contributed by atoms with E-state index in [0.717, 1.165) is 29.4 Å². The Morgan fingerprint density at radius 2 is 2.41 bits per heavy atom. The molecule has 0 spiro atoms. The zero-order valence-electron chi connectivity index (χ0n) is 9.98. The first-order chi connectivity index (χ1) is 8.25. The van der Waals surface area contributed by atoms with E-state index in [0.29, 0.717) is 6.04 Å². The van der Waals surface area contributed by atoms with Crippen LogP contribution < -0.4 is 9.62 Å². The van der Waals surface area contributed by atoms with Crippen LogP contribution in [0.25, 0.3) is 0 Å². The molecule has 4 nitrogen and oxygen atoms in total. The van der Waals surface area contributed by atoms with Gasteiger partial charge in [0.25, 0.3) is 0 Å². The minimum atomic E-state index is -1.11. The lowest BCUT2D eigenvalue weighted by Crippen LogP contribution is -2.44. The Labute approximate surface area is 104 Å². The quantitative estimate of drug-likeness (QED) is 0.757. The molecule has 1 fully saturated rings. The van der Waals surface area contributed by atoms with Crippen molar-refractivity contribution in [3.63, 3.8) is 0 Å². The summed E-state index contributed by atoms with van der Waals surface area (Å²) in [5, 5.41) is 0. The number of hydrogen-bond acceptors (Lipinski definition) is 3. The third-order valence-corrected chi connectivity index (χ3v) is 4.65. The molecule has 1 saturated heterocycles. The third-order valence-electron chi connectivity index (χ3n) is 3.52. The van der Waals surface area contributed by atoms with E-state index in [4.69, 9.17) is 0 Å². The molecule has 0 amide bonds. The highest BCUT2D eigenvalue weighted by molar-refractivity contribution is 7.83. The minimum absolute atomic E-state index is 0.448. The lowest BCUT2D eigenvalue weighted by Gasteiger charge is -2.35. The molecule has 2 atom stereocenters. The molecule has 3 rings (SSSR count). The van der Waals surface area contributed by atoms with Crippen LogP contribution in [0.15, 0.2) is 17.2 Å². The van der Waals surface area contributed by atoms with Crippen LogP contribution in [0.3, 0.4) is 0 Å². The van der Waals surface area contributed by atoms with Crippen LogP contribution in [0, 0.1) is 6.92 Å². The summed E-state index contributed by atoms with van der Waals surface area (Å²) in [4.78, 5) is 7.68. The van der Waals surface area contributed by atoms with E-state index in [1.54, 1.807) is 0 Å². The standard InChI is InChI=1S/C12H17N3OS/c1-9-6-11-12(13-7-9)15-5-3-2-4-10(15)8-14-17(11)16/h6-7,10,14H,2-5,8H2,1H3. The topological polar surface area (TPSA) is 45.2 Å². The Morgan fingerprint density at radius 3 is 3.29 bits per heavy atom. The van der Waals surface area contributed by atoms with E-state index in [2.05, 4.69) is 14.6 Å². The van der Waals surface area contributed by atoms with Gasteiger partial charge in [0.1, 0.15) is 16.8 Å². The molecule has 0 bridgehead atoms. The highest BCUT2D eigenvalue weighted by Gasteiger charge is 2.30. The number of anilines is 1. The maximum atomic E-state index is 12.1. The zero-order valence-corrected chi connectivity index (χ0v) is 10.8. The molecule has 3 heterocycles. The summed E-state index contributed by atoms with van der Waals surface area (Å²) in [5.74, 6) is 0.920. The van der Waals surface area contributed by atoms with Gasteiger partial charge < -0.3 is 4.90 Å². The average Bonchev–Trinajstić information content (AvgIpc) is 2.48. The number of hydrogen-bond donors (Lipinski definition) is 1. The van der Waals surface area contributed by atoms with E-state index in [1.165, 1.54) is 19.3 Å². The van der Waals surface area contributed by atoms with Crippen LogP contribution >= 0.6 is 0 Å². The average molecular weight is 251 g/mol. The first kappa shape index (κ1) is 11.2. The third kappa shape index (κ3) is 1.98. The molecule has 2 unspecified atom stereocenters. The van der Waals surface area contributed by atoms with Crippen molar-refractivity contribution in [1.29, 1.82) is 0 Å². The lowest BCUT2D eigenvalue weighted by atomic mass is 10.0. The largest absolute Gasteiger partial charge is 0.351 e. The molecule has 5 heteroatoms. The van der Waals surface area contributed by atoms with Crippen molar-refractivity contribution >= 4 is 16.8 Å². The van der Waals surface area contributed by atoms with Crippen LogP contribution in [0.2, 0.25) is 0 Å². The van der Waals surface area contributed by atoms with Gasteiger partial charge in [-0.1, -0.05) is 0 Å². The summed E-state index contributed by atoms with van der Waals surface area (Å²) < 4.78 is 15.3. The number of aromatic nitrogens is 1. The van der Waals surface area contributed by atoms with E-state index in [9.17, 15) is 4.21 Å². The Kier molecular flexibility index (Phi) is 2.88. The Morgan fingerprint density at radius 1 is 1.53 bits per heavy atom. The fourth-order valence-corrected chi connectivity index (χ4v) is 3.76. The Hall–Kier alpha value is -0.940. The molecule has 1 aromatic heterocycles. The van der Waals surface area contributed by atoms with Gasteiger partial charge in [-0.15, -0.1) is 0 Å². The van der Waals surface area contributed by atoms with Gasteiger partial charge in [-0.2, -0.15) is 0 Å².